The van der Waals surface area contributed by atoms with Crippen LogP contribution < -0.4 is 5.32 Å². The van der Waals surface area contributed by atoms with Gasteiger partial charge in [0.15, 0.2) is 0 Å². The maximum absolute atomic E-state index is 12.1. The Balaban J connectivity index is 2.05. The molecule has 0 aromatic heterocycles. The highest BCUT2D eigenvalue weighted by Crippen LogP contribution is 2.40. The first kappa shape index (κ1) is 14.0. The number of hydrogen-bond donors (Lipinski definition) is 1. The Hall–Kier alpha value is -0.460. The maximum atomic E-state index is 12.1. The van der Waals surface area contributed by atoms with Crippen molar-refractivity contribution >= 4 is 16.8 Å². The lowest BCUT2D eigenvalue weighted by atomic mass is 9.92. The molecule has 1 saturated heterocycles. The van der Waals surface area contributed by atoms with Gasteiger partial charge in [-0.05, 0) is 25.8 Å². The lowest BCUT2D eigenvalue weighted by molar-refractivity contribution is -0.150. The number of carbonyl (C=O) groups is 1. The summed E-state index contributed by atoms with van der Waals surface area (Å²) >= 11 is 0. The van der Waals surface area contributed by atoms with Gasteiger partial charge in [0.05, 0.1) is 7.11 Å². The van der Waals surface area contributed by atoms with E-state index >= 15 is 0 Å². The summed E-state index contributed by atoms with van der Waals surface area (Å²) in [5, 5.41) is 3.19. The third-order valence-electron chi connectivity index (χ3n) is 4.01. The second kappa shape index (κ2) is 5.67. The van der Waals surface area contributed by atoms with E-state index in [9.17, 15) is 9.00 Å². The van der Waals surface area contributed by atoms with Crippen LogP contribution in [0, 0.1) is 5.92 Å². The molecule has 18 heavy (non-hydrogen) atoms. The molecule has 2 rings (SSSR count). The number of carbonyl (C=O) groups excluding carboxylic acids is 1. The number of methoxy groups -OCH3 is 1. The second-order valence-electron chi connectivity index (χ2n) is 5.11. The van der Waals surface area contributed by atoms with Gasteiger partial charge in [0.2, 0.25) is 0 Å². The zero-order valence-electron chi connectivity index (χ0n) is 11.1. The molecule has 1 unspecified atom stereocenters. The average Bonchev–Trinajstić information content (AvgIpc) is 3.22. The smallest absolute Gasteiger partial charge is 0.327 e. The lowest BCUT2D eigenvalue weighted by Crippen LogP contribution is -2.61. The highest BCUT2D eigenvalue weighted by molar-refractivity contribution is 7.85. The first-order valence-corrected chi connectivity index (χ1v) is 7.96. The molecule has 104 valence electrons. The summed E-state index contributed by atoms with van der Waals surface area (Å²) < 4.78 is 16.3. The molecule has 6 heteroatoms. The third-order valence-corrected chi connectivity index (χ3v) is 5.29. The van der Waals surface area contributed by atoms with Gasteiger partial charge in [-0.1, -0.05) is 0 Å². The molecule has 1 heterocycles. The Labute approximate surface area is 111 Å². The number of esters is 1. The number of nitrogens with one attached hydrogen (secondary N) is 1. The van der Waals surface area contributed by atoms with Crippen molar-refractivity contribution in [3.8, 4) is 0 Å². The van der Waals surface area contributed by atoms with E-state index < -0.39 is 16.3 Å². The minimum absolute atomic E-state index is 0.167. The Bertz CT molecular complexity index is 336. The molecule has 1 atom stereocenters. The lowest BCUT2D eigenvalue weighted by Gasteiger charge is -2.37. The number of likely N-dealkylation sites (N-methyl/N-ethyl adjacent to an activating group) is 1. The molecule has 0 amide bonds. The van der Waals surface area contributed by atoms with Crippen LogP contribution in [0.5, 0.6) is 0 Å². The molecule has 0 aromatic rings. The largest absolute Gasteiger partial charge is 0.468 e. The van der Waals surface area contributed by atoms with Crippen LogP contribution in [0.1, 0.15) is 12.8 Å². The van der Waals surface area contributed by atoms with Gasteiger partial charge in [-0.15, -0.1) is 0 Å². The highest BCUT2D eigenvalue weighted by Gasteiger charge is 2.51. The zero-order valence-corrected chi connectivity index (χ0v) is 11.9. The van der Waals surface area contributed by atoms with Crippen molar-refractivity contribution < 1.29 is 13.7 Å². The molecule has 5 nitrogen and oxygen atoms in total. The monoisotopic (exact) mass is 274 g/mol. The van der Waals surface area contributed by atoms with Crippen molar-refractivity contribution in [3.05, 3.63) is 0 Å². The molecule has 2 fully saturated rings. The summed E-state index contributed by atoms with van der Waals surface area (Å²) in [6.07, 6.45) is 2.16. The highest BCUT2D eigenvalue weighted by atomic mass is 32.2. The second-order valence-corrected chi connectivity index (χ2v) is 6.81. The molecule has 1 aliphatic carbocycles. The molecule has 0 aromatic carbocycles. The van der Waals surface area contributed by atoms with E-state index in [1.54, 1.807) is 0 Å². The molecule has 1 aliphatic heterocycles. The number of rotatable bonds is 5. The van der Waals surface area contributed by atoms with Gasteiger partial charge in [-0.25, -0.2) is 4.79 Å². The Kier molecular flexibility index (Phi) is 4.40. The fraction of sp³-hybridized carbons (Fsp3) is 0.917. The molecular formula is C12H22N2O3S. The Morgan fingerprint density at radius 2 is 2.06 bits per heavy atom. The van der Waals surface area contributed by atoms with Crippen LogP contribution in [0.15, 0.2) is 0 Å². The summed E-state index contributed by atoms with van der Waals surface area (Å²) in [7, 11) is 2.60. The Morgan fingerprint density at radius 3 is 2.50 bits per heavy atom. The van der Waals surface area contributed by atoms with Crippen LogP contribution in [0.3, 0.4) is 0 Å². The maximum Gasteiger partial charge on any atom is 0.327 e. The first-order valence-electron chi connectivity index (χ1n) is 6.47. The molecule has 0 bridgehead atoms. The van der Waals surface area contributed by atoms with Crippen LogP contribution in [0.4, 0.5) is 0 Å². The fourth-order valence-corrected chi connectivity index (χ4v) is 3.82. The number of ether oxygens (including phenoxy) is 1. The zero-order chi connectivity index (χ0) is 13.2. The normalized spacial score (nSPS) is 25.7. The van der Waals surface area contributed by atoms with Crippen molar-refractivity contribution in [1.82, 2.24) is 10.2 Å². The number of nitrogens with zero attached hydrogens (tertiary/aromatic N) is 1. The van der Waals surface area contributed by atoms with Gasteiger partial charge >= 0.3 is 5.97 Å². The van der Waals surface area contributed by atoms with Crippen molar-refractivity contribution in [3.63, 3.8) is 0 Å². The Morgan fingerprint density at radius 1 is 1.44 bits per heavy atom. The summed E-state index contributed by atoms with van der Waals surface area (Å²) in [5.41, 5.74) is -0.576. The SMILES string of the molecule is CNC(CN1CCS(=O)CC1)(C(=O)OC)C1CC1. The van der Waals surface area contributed by atoms with Gasteiger partial charge in [0.1, 0.15) is 5.54 Å². The quantitative estimate of drug-likeness (QED) is 0.691. The summed E-state index contributed by atoms with van der Waals surface area (Å²) in [5.74, 6) is 1.64. The van der Waals surface area contributed by atoms with Crippen LogP contribution in [0.2, 0.25) is 0 Å². The van der Waals surface area contributed by atoms with E-state index in [0.717, 1.165) is 25.9 Å². The summed E-state index contributed by atoms with van der Waals surface area (Å²) in [6, 6.07) is 0. The van der Waals surface area contributed by atoms with Crippen LogP contribution in [0.25, 0.3) is 0 Å². The van der Waals surface area contributed by atoms with Crippen LogP contribution >= 0.6 is 0 Å². The van der Waals surface area contributed by atoms with E-state index in [-0.39, 0.29) is 5.97 Å². The van der Waals surface area contributed by atoms with Crippen LogP contribution in [-0.4, -0.2) is 65.9 Å². The number of hydrogen-bond acceptors (Lipinski definition) is 5. The summed E-state index contributed by atoms with van der Waals surface area (Å²) in [6.45, 7) is 2.28. The standard InChI is InChI=1S/C12H22N2O3S/c1-13-12(10-3-4-10,11(15)17-2)9-14-5-7-18(16)8-6-14/h10,13H,3-9H2,1-2H3. The van der Waals surface area contributed by atoms with Gasteiger partial charge in [0, 0.05) is 41.9 Å². The van der Waals surface area contributed by atoms with Crippen molar-refractivity contribution in [2.24, 2.45) is 5.92 Å². The predicted octanol–water partition coefficient (Wildman–Crippen LogP) is -0.408. The van der Waals surface area contributed by atoms with Crippen LogP contribution in [-0.2, 0) is 20.3 Å². The third kappa shape index (κ3) is 2.75. The van der Waals surface area contributed by atoms with Crippen molar-refractivity contribution in [2.75, 3.05) is 45.3 Å². The van der Waals surface area contributed by atoms with Crippen molar-refractivity contribution in [1.29, 1.82) is 0 Å². The van der Waals surface area contributed by atoms with E-state index in [0.29, 0.717) is 24.0 Å². The predicted molar refractivity (Wildman–Crippen MR) is 70.8 cm³/mol. The van der Waals surface area contributed by atoms with E-state index in [2.05, 4.69) is 10.2 Å². The van der Waals surface area contributed by atoms with Gasteiger partial charge in [0.25, 0.3) is 0 Å². The van der Waals surface area contributed by atoms with Crippen molar-refractivity contribution in [2.45, 2.75) is 18.4 Å². The first-order chi connectivity index (χ1) is 8.62. The minimum atomic E-state index is -0.677. The van der Waals surface area contributed by atoms with E-state index in [4.69, 9.17) is 4.74 Å². The molecular weight excluding hydrogens is 252 g/mol. The topological polar surface area (TPSA) is 58.6 Å². The van der Waals surface area contributed by atoms with Gasteiger partial charge in [-0.2, -0.15) is 0 Å². The average molecular weight is 274 g/mol. The van der Waals surface area contributed by atoms with Gasteiger partial charge < -0.3 is 10.1 Å². The van der Waals surface area contributed by atoms with E-state index in [1.165, 1.54) is 7.11 Å². The molecule has 1 N–H and O–H groups in total. The molecule has 2 aliphatic rings. The molecule has 0 spiro atoms. The molecule has 1 saturated carbocycles. The summed E-state index contributed by atoms with van der Waals surface area (Å²) in [4.78, 5) is 14.3. The van der Waals surface area contributed by atoms with E-state index in [1.807, 2.05) is 7.05 Å². The fourth-order valence-electron chi connectivity index (χ4n) is 2.69. The van der Waals surface area contributed by atoms with Gasteiger partial charge in [-0.3, -0.25) is 9.11 Å². The minimum Gasteiger partial charge on any atom is -0.468 e. The molecule has 0 radical (unpaired) electrons.